The van der Waals surface area contributed by atoms with Crippen LogP contribution in [0.3, 0.4) is 0 Å². The van der Waals surface area contributed by atoms with E-state index in [0.717, 1.165) is 47.3 Å². The van der Waals surface area contributed by atoms with Crippen LogP contribution in [0.2, 0.25) is 0 Å². The topological polar surface area (TPSA) is 0 Å². The maximum absolute atomic E-state index is 4.22. The zero-order chi connectivity index (χ0) is 22.4. The van der Waals surface area contributed by atoms with Crippen molar-refractivity contribution in [2.24, 2.45) is 58.7 Å². The van der Waals surface area contributed by atoms with Gasteiger partial charge in [-0.05, 0) is 84.4 Å². The van der Waals surface area contributed by atoms with Crippen molar-refractivity contribution in [2.75, 3.05) is 0 Å². The van der Waals surface area contributed by atoms with Crippen LogP contribution in [-0.4, -0.2) is 0 Å². The number of hydrogen-bond donors (Lipinski definition) is 0. The van der Waals surface area contributed by atoms with Gasteiger partial charge in [-0.3, -0.25) is 0 Å². The van der Waals surface area contributed by atoms with E-state index in [4.69, 9.17) is 0 Å². The highest BCUT2D eigenvalue weighted by Crippen LogP contribution is 2.58. The fraction of sp³-hybridized carbons (Fsp3) is 0.931. The molecule has 0 heterocycles. The van der Waals surface area contributed by atoms with Crippen molar-refractivity contribution in [3.63, 3.8) is 0 Å². The van der Waals surface area contributed by atoms with Crippen LogP contribution >= 0.6 is 0 Å². The largest absolute Gasteiger partial charge is 0.103 e. The lowest BCUT2D eigenvalue weighted by molar-refractivity contribution is -0.0392. The summed E-state index contributed by atoms with van der Waals surface area (Å²) in [5.74, 6) is 7.16. The molecule has 1 aliphatic carbocycles. The van der Waals surface area contributed by atoms with E-state index in [-0.39, 0.29) is 0 Å². The third kappa shape index (κ3) is 7.43. The van der Waals surface area contributed by atoms with Crippen LogP contribution in [0, 0.1) is 58.7 Å². The van der Waals surface area contributed by atoms with Gasteiger partial charge in [0.2, 0.25) is 0 Å². The standard InChI is InChI=1S/C29H56/c1-12-22(6)28(24(8)18-21(4)5)29(16-13-17-29)19-25(9)27(11)26(10)23(7)15-14-20(2)3/h12,20-28H,1,13-19H2,2-11H3. The zero-order valence-electron chi connectivity index (χ0n) is 21.9. The molecular weight excluding hydrogens is 348 g/mol. The Morgan fingerprint density at radius 3 is 1.69 bits per heavy atom. The molecule has 1 saturated carbocycles. The Morgan fingerprint density at radius 2 is 1.28 bits per heavy atom. The molecule has 0 radical (unpaired) electrons. The molecule has 0 nitrogen and oxygen atoms in total. The van der Waals surface area contributed by atoms with E-state index in [2.05, 4.69) is 81.9 Å². The van der Waals surface area contributed by atoms with Gasteiger partial charge in [-0.1, -0.05) is 94.6 Å². The molecule has 0 aromatic rings. The van der Waals surface area contributed by atoms with E-state index >= 15 is 0 Å². The highest BCUT2D eigenvalue weighted by Gasteiger charge is 2.48. The minimum Gasteiger partial charge on any atom is -0.103 e. The maximum Gasteiger partial charge on any atom is -0.0228 e. The molecule has 0 spiro atoms. The van der Waals surface area contributed by atoms with E-state index in [9.17, 15) is 0 Å². The van der Waals surface area contributed by atoms with Crippen LogP contribution in [0.4, 0.5) is 0 Å². The van der Waals surface area contributed by atoms with Gasteiger partial charge in [-0.15, -0.1) is 6.58 Å². The summed E-state index contributed by atoms with van der Waals surface area (Å²) in [6, 6.07) is 0. The van der Waals surface area contributed by atoms with Gasteiger partial charge in [-0.25, -0.2) is 0 Å². The highest BCUT2D eigenvalue weighted by atomic mass is 14.5. The summed E-state index contributed by atoms with van der Waals surface area (Å²) in [7, 11) is 0. The average Bonchev–Trinajstić information content (AvgIpc) is 2.61. The van der Waals surface area contributed by atoms with Crippen LogP contribution in [-0.2, 0) is 0 Å². The molecule has 0 aliphatic heterocycles. The second-order valence-electron chi connectivity index (χ2n) is 12.3. The Kier molecular flexibility index (Phi) is 11.0. The molecule has 0 aromatic carbocycles. The summed E-state index contributed by atoms with van der Waals surface area (Å²) in [6.45, 7) is 28.9. The molecule has 1 fully saturated rings. The fourth-order valence-electron chi connectivity index (χ4n) is 6.74. The van der Waals surface area contributed by atoms with E-state index in [0.29, 0.717) is 11.3 Å². The molecule has 1 rings (SSSR count). The number of rotatable bonds is 14. The SMILES string of the molecule is C=CC(C)C(C(C)CC(C)C)C1(CC(C)C(C)C(C)C(C)CCC(C)C)CCC1. The predicted octanol–water partition coefficient (Wildman–Crippen LogP) is 9.65. The van der Waals surface area contributed by atoms with Gasteiger partial charge < -0.3 is 0 Å². The molecule has 0 aromatic heterocycles. The monoisotopic (exact) mass is 404 g/mol. The quantitative estimate of drug-likeness (QED) is 0.253. The van der Waals surface area contributed by atoms with E-state index < -0.39 is 0 Å². The van der Waals surface area contributed by atoms with Gasteiger partial charge in [0.15, 0.2) is 0 Å². The lowest BCUT2D eigenvalue weighted by Gasteiger charge is -2.54. The summed E-state index contributed by atoms with van der Waals surface area (Å²) in [6.07, 6.45) is 12.2. The first-order valence-electron chi connectivity index (χ1n) is 13.1. The van der Waals surface area contributed by atoms with Crippen LogP contribution in [0.1, 0.15) is 114 Å². The van der Waals surface area contributed by atoms with Gasteiger partial charge in [0, 0.05) is 0 Å². The minimum absolute atomic E-state index is 0.566. The van der Waals surface area contributed by atoms with Crippen molar-refractivity contribution in [3.8, 4) is 0 Å². The highest BCUT2D eigenvalue weighted by molar-refractivity contribution is 5.01. The lowest BCUT2D eigenvalue weighted by Crippen LogP contribution is -2.45. The lowest BCUT2D eigenvalue weighted by atomic mass is 9.51. The molecule has 0 bridgehead atoms. The summed E-state index contributed by atoms with van der Waals surface area (Å²) < 4.78 is 0. The first-order valence-corrected chi connectivity index (χ1v) is 13.1. The van der Waals surface area contributed by atoms with Gasteiger partial charge in [0.25, 0.3) is 0 Å². The van der Waals surface area contributed by atoms with Crippen molar-refractivity contribution < 1.29 is 0 Å². The second kappa shape index (κ2) is 12.0. The molecule has 29 heavy (non-hydrogen) atoms. The Hall–Kier alpha value is -0.260. The van der Waals surface area contributed by atoms with Gasteiger partial charge >= 0.3 is 0 Å². The Labute approximate surface area is 185 Å². The molecule has 7 atom stereocenters. The van der Waals surface area contributed by atoms with Gasteiger partial charge in [0.1, 0.15) is 0 Å². The van der Waals surface area contributed by atoms with Crippen molar-refractivity contribution in [3.05, 3.63) is 12.7 Å². The number of allylic oxidation sites excluding steroid dienone is 1. The maximum atomic E-state index is 4.22. The minimum atomic E-state index is 0.566. The first kappa shape index (κ1) is 26.8. The molecule has 172 valence electrons. The van der Waals surface area contributed by atoms with E-state index in [1.807, 2.05) is 0 Å². The zero-order valence-corrected chi connectivity index (χ0v) is 21.9. The molecule has 0 saturated heterocycles. The normalized spacial score (nSPS) is 23.7. The first-order chi connectivity index (χ1) is 13.4. The van der Waals surface area contributed by atoms with Crippen LogP contribution in [0.25, 0.3) is 0 Å². The Bertz CT molecular complexity index is 455. The van der Waals surface area contributed by atoms with Crippen molar-refractivity contribution in [1.29, 1.82) is 0 Å². The third-order valence-electron chi connectivity index (χ3n) is 9.00. The molecule has 0 N–H and O–H groups in total. The molecule has 1 aliphatic rings. The summed E-state index contributed by atoms with van der Waals surface area (Å²) >= 11 is 0. The number of hydrogen-bond acceptors (Lipinski definition) is 0. The molecular formula is C29H56. The van der Waals surface area contributed by atoms with E-state index in [1.54, 1.807) is 0 Å². The second-order valence-corrected chi connectivity index (χ2v) is 12.3. The fourth-order valence-corrected chi connectivity index (χ4v) is 6.74. The summed E-state index contributed by atoms with van der Waals surface area (Å²) in [4.78, 5) is 0. The van der Waals surface area contributed by atoms with Gasteiger partial charge in [-0.2, -0.15) is 0 Å². The molecule has 0 heteroatoms. The van der Waals surface area contributed by atoms with Crippen LogP contribution in [0.5, 0.6) is 0 Å². The average molecular weight is 405 g/mol. The van der Waals surface area contributed by atoms with Gasteiger partial charge in [0.05, 0.1) is 0 Å². The molecule has 0 amide bonds. The van der Waals surface area contributed by atoms with Crippen molar-refractivity contribution in [1.82, 2.24) is 0 Å². The smallest absolute Gasteiger partial charge is 0.0228 e. The van der Waals surface area contributed by atoms with E-state index in [1.165, 1.54) is 44.9 Å². The van der Waals surface area contributed by atoms with Crippen molar-refractivity contribution >= 4 is 0 Å². The van der Waals surface area contributed by atoms with Crippen LogP contribution in [0.15, 0.2) is 12.7 Å². The molecule has 7 unspecified atom stereocenters. The van der Waals surface area contributed by atoms with Crippen molar-refractivity contribution in [2.45, 2.75) is 114 Å². The Balaban J connectivity index is 2.89. The Morgan fingerprint density at radius 1 is 0.724 bits per heavy atom. The summed E-state index contributed by atoms with van der Waals surface area (Å²) in [5, 5.41) is 0. The third-order valence-corrected chi connectivity index (χ3v) is 9.00. The summed E-state index contributed by atoms with van der Waals surface area (Å²) in [5.41, 5.74) is 0.566. The van der Waals surface area contributed by atoms with Crippen LogP contribution < -0.4 is 0 Å². The predicted molar refractivity (Wildman–Crippen MR) is 133 cm³/mol.